The molecular weight excluding hydrogens is 418 g/mol. The van der Waals surface area contributed by atoms with Crippen molar-refractivity contribution < 1.29 is 14.6 Å². The van der Waals surface area contributed by atoms with E-state index < -0.39 is 5.97 Å². The molecule has 8 nitrogen and oxygen atoms in total. The van der Waals surface area contributed by atoms with E-state index in [1.54, 1.807) is 6.20 Å². The fourth-order valence-electron chi connectivity index (χ4n) is 2.58. The molecule has 0 amide bonds. The van der Waals surface area contributed by atoms with Gasteiger partial charge in [-0.25, -0.2) is 4.79 Å². The molecule has 31 heavy (non-hydrogen) atoms. The number of carbonyl (C=O) groups is 1. The molecule has 0 unspecified atom stereocenters. The van der Waals surface area contributed by atoms with Crippen LogP contribution in [0.4, 0.5) is 0 Å². The number of nitrogens with one attached hydrogen (secondary N) is 5. The number of halogens is 1. The van der Waals surface area contributed by atoms with Crippen molar-refractivity contribution in [2.45, 2.75) is 0 Å². The molecule has 2 rings (SSSR count). The van der Waals surface area contributed by atoms with Crippen LogP contribution in [0, 0.1) is 10.8 Å². The van der Waals surface area contributed by atoms with Crippen molar-refractivity contribution in [1.82, 2.24) is 16.0 Å². The summed E-state index contributed by atoms with van der Waals surface area (Å²) in [5, 5.41) is 33.6. The third-order valence-corrected chi connectivity index (χ3v) is 4.09. The Kier molecular flexibility index (Phi) is 8.41. The zero-order valence-corrected chi connectivity index (χ0v) is 17.5. The molecule has 0 spiro atoms. The van der Waals surface area contributed by atoms with Crippen molar-refractivity contribution in [2.75, 3.05) is 7.11 Å². The molecule has 1 aliphatic rings. The molecule has 0 saturated carbocycles. The van der Waals surface area contributed by atoms with Crippen LogP contribution in [0.25, 0.3) is 5.70 Å². The van der Waals surface area contributed by atoms with Gasteiger partial charge in [0, 0.05) is 24.1 Å². The number of hydrogen-bond acceptors (Lipinski definition) is 7. The van der Waals surface area contributed by atoms with Gasteiger partial charge in [0.25, 0.3) is 0 Å². The molecule has 1 aromatic carbocycles. The average molecular weight is 440 g/mol. The number of allylic oxidation sites excluding steroid dienone is 5. The Bertz CT molecular complexity index is 1040. The smallest absolute Gasteiger partial charge is 0.352 e. The Labute approximate surface area is 185 Å². The van der Waals surface area contributed by atoms with Crippen LogP contribution in [0.3, 0.4) is 0 Å². The fraction of sp³-hybridized carbons (Fsp3) is 0.0455. The Balaban J connectivity index is 2.52. The topological polar surface area (TPSA) is 130 Å². The Morgan fingerprint density at radius 2 is 2.00 bits per heavy atom. The summed E-state index contributed by atoms with van der Waals surface area (Å²) >= 11 is 5.71. The second-order valence-electron chi connectivity index (χ2n) is 6.03. The first-order valence-electron chi connectivity index (χ1n) is 8.98. The van der Waals surface area contributed by atoms with Gasteiger partial charge in [-0.1, -0.05) is 54.6 Å². The van der Waals surface area contributed by atoms with Gasteiger partial charge in [0.1, 0.15) is 22.4 Å². The van der Waals surface area contributed by atoms with Crippen LogP contribution in [0.5, 0.6) is 0 Å². The van der Waals surface area contributed by atoms with Gasteiger partial charge in [0.05, 0.1) is 18.5 Å². The molecule has 0 aromatic heterocycles. The van der Waals surface area contributed by atoms with Crippen LogP contribution in [0.15, 0.2) is 96.0 Å². The van der Waals surface area contributed by atoms with E-state index in [0.29, 0.717) is 11.4 Å². The lowest BCUT2D eigenvalue weighted by Gasteiger charge is -2.25. The minimum atomic E-state index is -1.23. The highest BCUT2D eigenvalue weighted by Crippen LogP contribution is 2.21. The number of carboxylic acid groups (broad SMARTS) is 1. The first kappa shape index (κ1) is 23.2. The molecule has 1 aromatic rings. The summed E-state index contributed by atoms with van der Waals surface area (Å²) in [4.78, 5) is 11.8. The fourth-order valence-corrected chi connectivity index (χ4v) is 2.70. The minimum absolute atomic E-state index is 0.196. The number of hydrogen-bond donors (Lipinski definition) is 6. The van der Waals surface area contributed by atoms with Crippen LogP contribution in [0.2, 0.25) is 0 Å². The summed E-state index contributed by atoms with van der Waals surface area (Å²) < 4.78 is 5.14. The Hall–Kier alpha value is -4.04. The maximum atomic E-state index is 11.8. The van der Waals surface area contributed by atoms with E-state index in [9.17, 15) is 9.90 Å². The van der Waals surface area contributed by atoms with Crippen molar-refractivity contribution in [3.63, 3.8) is 0 Å². The molecule has 6 N–H and O–H groups in total. The molecule has 9 heteroatoms. The number of carboxylic acids is 1. The van der Waals surface area contributed by atoms with Crippen LogP contribution >= 0.6 is 11.6 Å². The van der Waals surface area contributed by atoms with Crippen molar-refractivity contribution in [3.05, 3.63) is 102 Å². The SMILES string of the molecule is C=C/C=C(/C=C(\NC1=C(/C(C=N)=C/C(=N)Cl)NC(c2ccccc2)=CN1)C(=O)O)OC. The maximum absolute atomic E-state index is 11.8. The quantitative estimate of drug-likeness (QED) is 0.143. The third kappa shape index (κ3) is 6.48. The number of rotatable bonds is 10. The van der Waals surface area contributed by atoms with E-state index in [2.05, 4.69) is 22.5 Å². The van der Waals surface area contributed by atoms with E-state index in [-0.39, 0.29) is 28.0 Å². The Morgan fingerprint density at radius 1 is 1.29 bits per heavy atom. The second kappa shape index (κ2) is 11.2. The van der Waals surface area contributed by atoms with Gasteiger partial charge in [0.15, 0.2) is 0 Å². The summed E-state index contributed by atoms with van der Waals surface area (Å²) in [7, 11) is 1.41. The molecule has 160 valence electrons. The molecule has 1 aliphatic heterocycles. The lowest BCUT2D eigenvalue weighted by Crippen LogP contribution is -2.36. The van der Waals surface area contributed by atoms with Crippen LogP contribution in [0.1, 0.15) is 5.56 Å². The first-order chi connectivity index (χ1) is 14.9. The largest absolute Gasteiger partial charge is 0.497 e. The predicted octanol–water partition coefficient (Wildman–Crippen LogP) is 3.41. The van der Waals surface area contributed by atoms with Crippen LogP contribution in [-0.2, 0) is 9.53 Å². The van der Waals surface area contributed by atoms with Crippen molar-refractivity contribution in [1.29, 1.82) is 10.8 Å². The normalized spacial score (nSPS) is 14.6. The molecule has 0 atom stereocenters. The third-order valence-electron chi connectivity index (χ3n) is 3.98. The van der Waals surface area contributed by atoms with Gasteiger partial charge in [-0.15, -0.1) is 0 Å². The van der Waals surface area contributed by atoms with Crippen molar-refractivity contribution >= 4 is 34.7 Å². The predicted molar refractivity (Wildman–Crippen MR) is 122 cm³/mol. The highest BCUT2D eigenvalue weighted by molar-refractivity contribution is 6.67. The van der Waals surface area contributed by atoms with Crippen molar-refractivity contribution in [2.24, 2.45) is 0 Å². The zero-order chi connectivity index (χ0) is 22.8. The number of benzene rings is 1. The number of aliphatic carboxylic acids is 1. The maximum Gasteiger partial charge on any atom is 0.352 e. The van der Waals surface area contributed by atoms with Gasteiger partial charge in [-0.2, -0.15) is 0 Å². The van der Waals surface area contributed by atoms with E-state index >= 15 is 0 Å². The van der Waals surface area contributed by atoms with Crippen LogP contribution < -0.4 is 16.0 Å². The lowest BCUT2D eigenvalue weighted by molar-refractivity contribution is -0.133. The summed E-state index contributed by atoms with van der Waals surface area (Å²) in [5.74, 6) is -0.712. The van der Waals surface area contributed by atoms with Crippen molar-refractivity contribution in [3.8, 4) is 0 Å². The van der Waals surface area contributed by atoms with E-state index in [1.165, 1.54) is 31.4 Å². The summed E-state index contributed by atoms with van der Waals surface area (Å²) in [6.07, 6.45) is 8.22. The summed E-state index contributed by atoms with van der Waals surface area (Å²) in [6.45, 7) is 3.57. The van der Waals surface area contributed by atoms with Gasteiger partial charge < -0.3 is 31.2 Å². The van der Waals surface area contributed by atoms with Gasteiger partial charge in [-0.05, 0) is 17.7 Å². The zero-order valence-electron chi connectivity index (χ0n) is 16.7. The molecule has 1 heterocycles. The monoisotopic (exact) mass is 439 g/mol. The molecule has 0 bridgehead atoms. The average Bonchev–Trinajstić information content (AvgIpc) is 2.77. The van der Waals surface area contributed by atoms with Gasteiger partial charge in [-0.3, -0.25) is 5.41 Å². The van der Waals surface area contributed by atoms with Crippen LogP contribution in [-0.4, -0.2) is 29.6 Å². The molecule has 0 fully saturated rings. The first-order valence-corrected chi connectivity index (χ1v) is 9.36. The Morgan fingerprint density at radius 3 is 2.55 bits per heavy atom. The van der Waals surface area contributed by atoms with E-state index in [1.807, 2.05) is 30.3 Å². The lowest BCUT2D eigenvalue weighted by atomic mass is 10.1. The van der Waals surface area contributed by atoms with Gasteiger partial charge >= 0.3 is 5.97 Å². The molecule has 0 aliphatic carbocycles. The van der Waals surface area contributed by atoms with E-state index in [4.69, 9.17) is 27.2 Å². The molecule has 0 saturated heterocycles. The number of ether oxygens (including phenoxy) is 1. The molecule has 0 radical (unpaired) electrons. The molecular formula is C22H22ClN5O3. The highest BCUT2D eigenvalue weighted by atomic mass is 35.5. The second-order valence-corrected chi connectivity index (χ2v) is 6.44. The standard InChI is InChI=1S/C22H22ClN5O3/c1-3-7-16(31-2)11-17(22(29)30)28-21-20(15(12-24)10-19(23)25)27-18(13-26-21)14-8-5-4-6-9-14/h3-13,24-28H,1H2,2H3,(H,29,30)/b15-10+,16-7-,17-11-,24-12?,25-19?. The van der Waals surface area contributed by atoms with E-state index in [0.717, 1.165) is 11.8 Å². The summed E-state index contributed by atoms with van der Waals surface area (Å²) in [6, 6.07) is 9.42. The highest BCUT2D eigenvalue weighted by Gasteiger charge is 2.20. The minimum Gasteiger partial charge on any atom is -0.497 e. The number of methoxy groups -OCH3 is 1. The summed E-state index contributed by atoms with van der Waals surface area (Å²) in [5.41, 5.74) is 1.94. The van der Waals surface area contributed by atoms with Gasteiger partial charge in [0.2, 0.25) is 0 Å².